The lowest BCUT2D eigenvalue weighted by atomic mass is 9.93. The van der Waals surface area contributed by atoms with Crippen molar-refractivity contribution >= 4 is 5.97 Å². The number of hydrogen-bond acceptors (Lipinski definition) is 2. The maximum atomic E-state index is 10.7. The number of rotatable bonds is 5. The molecule has 0 radical (unpaired) electrons. The van der Waals surface area contributed by atoms with E-state index >= 15 is 0 Å². The lowest BCUT2D eigenvalue weighted by Gasteiger charge is -2.16. The molecule has 0 aromatic heterocycles. The highest BCUT2D eigenvalue weighted by Crippen LogP contribution is 2.14. The average Bonchev–Trinajstić information content (AvgIpc) is 1.84. The highest BCUT2D eigenvalue weighted by Gasteiger charge is 2.21. The fraction of sp³-hybridized carbons (Fsp3) is 0.889. The minimum absolute atomic E-state index is 0.249. The second-order valence-corrected chi connectivity index (χ2v) is 3.78. The summed E-state index contributed by atoms with van der Waals surface area (Å²) >= 11 is 0. The van der Waals surface area contributed by atoms with Gasteiger partial charge in [-0.15, -0.1) is 0 Å². The highest BCUT2D eigenvalue weighted by molar-refractivity contribution is 5.70. The van der Waals surface area contributed by atoms with Gasteiger partial charge in [0.1, 0.15) is 0 Å². The van der Waals surface area contributed by atoms with E-state index in [2.05, 4.69) is 13.8 Å². The number of carbonyl (C=O) groups is 1. The van der Waals surface area contributed by atoms with E-state index in [4.69, 9.17) is 10.8 Å². The summed E-state index contributed by atoms with van der Waals surface area (Å²) in [5.74, 6) is -0.608. The van der Waals surface area contributed by atoms with Crippen molar-refractivity contribution in [1.82, 2.24) is 0 Å². The van der Waals surface area contributed by atoms with Crippen molar-refractivity contribution in [3.05, 3.63) is 0 Å². The molecule has 12 heavy (non-hydrogen) atoms. The molecule has 0 aliphatic rings. The molecule has 3 heteroatoms. The second-order valence-electron chi connectivity index (χ2n) is 3.78. The molecule has 2 atom stereocenters. The van der Waals surface area contributed by atoms with E-state index in [1.54, 1.807) is 6.92 Å². The fourth-order valence-electron chi connectivity index (χ4n) is 1.12. The molecule has 0 fully saturated rings. The van der Waals surface area contributed by atoms with Gasteiger partial charge in [-0.25, -0.2) is 0 Å². The smallest absolute Gasteiger partial charge is 0.308 e. The largest absolute Gasteiger partial charge is 0.481 e. The Balaban J connectivity index is 3.88. The lowest BCUT2D eigenvalue weighted by Crippen LogP contribution is -2.32. The first kappa shape index (κ1) is 11.4. The van der Waals surface area contributed by atoms with E-state index in [1.807, 2.05) is 0 Å². The van der Waals surface area contributed by atoms with Crippen LogP contribution >= 0.6 is 0 Å². The molecule has 0 heterocycles. The summed E-state index contributed by atoms with van der Waals surface area (Å²) in [6, 6.07) is -0.249. The number of hydrogen-bond donors (Lipinski definition) is 2. The molecular formula is C9H19NO2. The van der Waals surface area contributed by atoms with Gasteiger partial charge < -0.3 is 10.8 Å². The molecule has 0 aliphatic carbocycles. The Morgan fingerprint density at radius 2 is 1.83 bits per heavy atom. The molecule has 3 nitrogen and oxygen atoms in total. The Hall–Kier alpha value is -0.570. The van der Waals surface area contributed by atoms with Crippen LogP contribution in [0.2, 0.25) is 0 Å². The Kier molecular flexibility index (Phi) is 4.90. The molecule has 0 rings (SSSR count). The molecule has 0 saturated carbocycles. The third-order valence-corrected chi connectivity index (χ3v) is 2.01. The van der Waals surface area contributed by atoms with E-state index in [0.717, 1.165) is 6.42 Å². The van der Waals surface area contributed by atoms with Crippen molar-refractivity contribution in [3.63, 3.8) is 0 Å². The predicted octanol–water partition coefficient (Wildman–Crippen LogP) is 1.47. The second kappa shape index (κ2) is 5.14. The van der Waals surface area contributed by atoms with Gasteiger partial charge in [-0.1, -0.05) is 20.3 Å². The Bertz CT molecular complexity index is 143. The molecular weight excluding hydrogens is 154 g/mol. The molecule has 0 spiro atoms. The van der Waals surface area contributed by atoms with Crippen molar-refractivity contribution in [2.24, 2.45) is 17.6 Å². The summed E-state index contributed by atoms with van der Waals surface area (Å²) in [7, 11) is 0. The molecule has 2 unspecified atom stereocenters. The standard InChI is InChI=1S/C9H19NO2/c1-6(2)4-5-8(7(3)10)9(11)12/h6-8H,4-5,10H2,1-3H3,(H,11,12). The predicted molar refractivity (Wildman–Crippen MR) is 48.8 cm³/mol. The Morgan fingerprint density at radius 1 is 1.33 bits per heavy atom. The van der Waals surface area contributed by atoms with Crippen LogP contribution in [-0.4, -0.2) is 17.1 Å². The van der Waals surface area contributed by atoms with Gasteiger partial charge >= 0.3 is 5.97 Å². The average molecular weight is 173 g/mol. The lowest BCUT2D eigenvalue weighted by molar-refractivity contribution is -0.142. The molecule has 0 bridgehead atoms. The Morgan fingerprint density at radius 3 is 2.08 bits per heavy atom. The molecule has 0 aliphatic heterocycles. The van der Waals surface area contributed by atoms with Crippen molar-refractivity contribution < 1.29 is 9.90 Å². The van der Waals surface area contributed by atoms with Gasteiger partial charge in [-0.2, -0.15) is 0 Å². The molecule has 0 saturated heterocycles. The van der Waals surface area contributed by atoms with E-state index in [0.29, 0.717) is 12.3 Å². The molecule has 0 aromatic carbocycles. The van der Waals surface area contributed by atoms with Gasteiger partial charge in [-0.3, -0.25) is 4.79 Å². The summed E-state index contributed by atoms with van der Waals surface area (Å²) in [4.78, 5) is 10.7. The zero-order chi connectivity index (χ0) is 9.72. The van der Waals surface area contributed by atoms with Crippen molar-refractivity contribution in [1.29, 1.82) is 0 Å². The summed E-state index contributed by atoms with van der Waals surface area (Å²) in [6.45, 7) is 5.92. The monoisotopic (exact) mass is 173 g/mol. The van der Waals surface area contributed by atoms with E-state index in [9.17, 15) is 4.79 Å². The third kappa shape index (κ3) is 4.34. The number of carboxylic acids is 1. The molecule has 3 N–H and O–H groups in total. The van der Waals surface area contributed by atoms with Crippen molar-refractivity contribution in [2.75, 3.05) is 0 Å². The summed E-state index contributed by atoms with van der Waals surface area (Å²) < 4.78 is 0. The molecule has 72 valence electrons. The van der Waals surface area contributed by atoms with Gasteiger partial charge in [0.25, 0.3) is 0 Å². The van der Waals surface area contributed by atoms with Gasteiger partial charge in [0, 0.05) is 6.04 Å². The van der Waals surface area contributed by atoms with Crippen LogP contribution in [0.1, 0.15) is 33.6 Å². The maximum absolute atomic E-state index is 10.7. The first-order valence-electron chi connectivity index (χ1n) is 4.43. The maximum Gasteiger partial charge on any atom is 0.308 e. The van der Waals surface area contributed by atoms with Crippen LogP contribution in [0.25, 0.3) is 0 Å². The summed E-state index contributed by atoms with van der Waals surface area (Å²) in [5.41, 5.74) is 5.54. The topological polar surface area (TPSA) is 63.3 Å². The van der Waals surface area contributed by atoms with Crippen LogP contribution in [0.3, 0.4) is 0 Å². The highest BCUT2D eigenvalue weighted by atomic mass is 16.4. The summed E-state index contributed by atoms with van der Waals surface area (Å²) in [6.07, 6.45) is 1.61. The van der Waals surface area contributed by atoms with Gasteiger partial charge in [0.15, 0.2) is 0 Å². The van der Waals surface area contributed by atoms with Crippen LogP contribution in [0.5, 0.6) is 0 Å². The van der Waals surface area contributed by atoms with Crippen LogP contribution in [0.4, 0.5) is 0 Å². The van der Waals surface area contributed by atoms with Crippen LogP contribution in [-0.2, 0) is 4.79 Å². The third-order valence-electron chi connectivity index (χ3n) is 2.01. The van der Waals surface area contributed by atoms with E-state index in [1.165, 1.54) is 0 Å². The van der Waals surface area contributed by atoms with E-state index in [-0.39, 0.29) is 12.0 Å². The number of carboxylic acid groups (broad SMARTS) is 1. The fourth-order valence-corrected chi connectivity index (χ4v) is 1.12. The van der Waals surface area contributed by atoms with Gasteiger partial charge in [0.2, 0.25) is 0 Å². The first-order chi connectivity index (χ1) is 5.45. The Labute approximate surface area is 74.0 Å². The zero-order valence-corrected chi connectivity index (χ0v) is 8.08. The quantitative estimate of drug-likeness (QED) is 0.661. The van der Waals surface area contributed by atoms with Gasteiger partial charge in [-0.05, 0) is 19.3 Å². The van der Waals surface area contributed by atoms with Crippen LogP contribution in [0, 0.1) is 11.8 Å². The van der Waals surface area contributed by atoms with Crippen LogP contribution < -0.4 is 5.73 Å². The molecule has 0 aromatic rings. The van der Waals surface area contributed by atoms with Crippen molar-refractivity contribution in [2.45, 2.75) is 39.7 Å². The van der Waals surface area contributed by atoms with Crippen molar-refractivity contribution in [3.8, 4) is 0 Å². The number of aliphatic carboxylic acids is 1. The van der Waals surface area contributed by atoms with E-state index < -0.39 is 5.97 Å². The molecule has 0 amide bonds. The van der Waals surface area contributed by atoms with Gasteiger partial charge in [0.05, 0.1) is 5.92 Å². The summed E-state index contributed by atoms with van der Waals surface area (Å²) in [5, 5.41) is 8.78. The minimum atomic E-state index is -0.773. The minimum Gasteiger partial charge on any atom is -0.481 e. The SMILES string of the molecule is CC(C)CCC(C(=O)O)C(C)N. The van der Waals surface area contributed by atoms with Crippen LogP contribution in [0.15, 0.2) is 0 Å². The number of nitrogens with two attached hydrogens (primary N) is 1. The normalized spacial score (nSPS) is 16.1. The first-order valence-corrected chi connectivity index (χ1v) is 4.43. The zero-order valence-electron chi connectivity index (χ0n) is 8.08.